The van der Waals surface area contributed by atoms with Gasteiger partial charge in [-0.1, -0.05) is 31.4 Å². The van der Waals surface area contributed by atoms with E-state index in [-0.39, 0.29) is 12.5 Å². The molecule has 4 rings (SSSR count). The van der Waals surface area contributed by atoms with Gasteiger partial charge in [0.2, 0.25) is 0 Å². The smallest absolute Gasteiger partial charge is 0.253 e. The van der Waals surface area contributed by atoms with E-state index in [1.807, 2.05) is 18.2 Å². The van der Waals surface area contributed by atoms with Crippen LogP contribution in [-0.4, -0.2) is 66.3 Å². The number of amides is 1. The number of hydrogen-bond donors (Lipinski definition) is 2. The van der Waals surface area contributed by atoms with E-state index in [1.165, 1.54) is 0 Å². The molecule has 2 N–H and O–H groups in total. The first-order valence-corrected chi connectivity index (χ1v) is 11.6. The van der Waals surface area contributed by atoms with Crippen LogP contribution in [0.1, 0.15) is 49.4 Å². The number of fused-ring (bicyclic) bond motifs is 1. The molecule has 168 valence electrons. The molecule has 2 heterocycles. The summed E-state index contributed by atoms with van der Waals surface area (Å²) >= 11 is 6.43. The summed E-state index contributed by atoms with van der Waals surface area (Å²) in [6.45, 7) is 4.31. The average Bonchev–Trinajstić information content (AvgIpc) is 3.22. The molecule has 7 heteroatoms. The maximum Gasteiger partial charge on any atom is 0.253 e. The molecule has 0 bridgehead atoms. The van der Waals surface area contributed by atoms with Crippen molar-refractivity contribution in [2.75, 3.05) is 38.6 Å². The lowest BCUT2D eigenvalue weighted by Gasteiger charge is -2.35. The van der Waals surface area contributed by atoms with E-state index >= 15 is 0 Å². The quantitative estimate of drug-likeness (QED) is 0.735. The van der Waals surface area contributed by atoms with Crippen molar-refractivity contribution in [3.63, 3.8) is 0 Å². The van der Waals surface area contributed by atoms with Crippen LogP contribution >= 0.6 is 11.6 Å². The third-order valence-electron chi connectivity index (χ3n) is 6.90. The Hall–Kier alpha value is -1.89. The number of aliphatic hydroxyl groups is 1. The number of nitrogens with zero attached hydrogens (tertiary/aromatic N) is 3. The average molecular weight is 445 g/mol. The van der Waals surface area contributed by atoms with Crippen molar-refractivity contribution in [3.05, 3.63) is 34.9 Å². The number of carbonyl (C=O) groups excluding carboxylic acids is 1. The summed E-state index contributed by atoms with van der Waals surface area (Å²) in [5.41, 5.74) is 0.345. The fourth-order valence-electron chi connectivity index (χ4n) is 5.07. The van der Waals surface area contributed by atoms with Crippen LogP contribution in [0.2, 0.25) is 5.02 Å². The Labute approximate surface area is 189 Å². The number of hydrogen-bond acceptors (Lipinski definition) is 5. The lowest BCUT2D eigenvalue weighted by molar-refractivity contribution is -0.0109. The molecule has 2 aromatic rings. The van der Waals surface area contributed by atoms with Crippen molar-refractivity contribution >= 4 is 34.2 Å². The van der Waals surface area contributed by atoms with Crippen LogP contribution in [0, 0.1) is 5.92 Å². The molecule has 6 nitrogen and oxygen atoms in total. The fraction of sp³-hybridized carbons (Fsp3) is 0.583. The summed E-state index contributed by atoms with van der Waals surface area (Å²) in [7, 11) is 4.22. The first-order valence-electron chi connectivity index (χ1n) is 11.3. The van der Waals surface area contributed by atoms with Crippen molar-refractivity contribution in [3.8, 4) is 0 Å². The zero-order valence-electron chi connectivity index (χ0n) is 18.7. The predicted octanol–water partition coefficient (Wildman–Crippen LogP) is 3.70. The van der Waals surface area contributed by atoms with Gasteiger partial charge in [0.15, 0.2) is 0 Å². The van der Waals surface area contributed by atoms with Gasteiger partial charge in [-0.3, -0.25) is 4.79 Å². The molecule has 1 aliphatic heterocycles. The highest BCUT2D eigenvalue weighted by atomic mass is 35.5. The number of pyridine rings is 1. The minimum Gasteiger partial charge on any atom is -0.388 e. The zero-order valence-corrected chi connectivity index (χ0v) is 19.5. The number of aromatic nitrogens is 1. The third-order valence-corrected chi connectivity index (χ3v) is 7.21. The molecule has 1 aliphatic carbocycles. The number of benzene rings is 1. The highest BCUT2D eigenvalue weighted by Crippen LogP contribution is 2.32. The minimum absolute atomic E-state index is 0.244. The standard InChI is InChI=1S/C24H33ClN4O2/c1-16-5-4-11-24(31,13-16)15-26-23(30)22-18-6-9-21(27-20(18)8-7-19(22)25)29-12-10-17(14-29)28(2)3/h6-9,16-17,31H,4-5,10-15H2,1-3H3,(H,26,30)/t16-,17-,24?/m0/s1. The number of likely N-dealkylation sites (N-methyl/N-ethyl adjacent to an activating group) is 1. The Kier molecular flexibility index (Phi) is 6.42. The van der Waals surface area contributed by atoms with Crippen LogP contribution in [0.5, 0.6) is 0 Å². The molecule has 2 fully saturated rings. The van der Waals surface area contributed by atoms with Crippen LogP contribution in [0.25, 0.3) is 10.9 Å². The third kappa shape index (κ3) is 4.81. The van der Waals surface area contributed by atoms with E-state index in [2.05, 4.69) is 36.1 Å². The van der Waals surface area contributed by atoms with E-state index in [4.69, 9.17) is 16.6 Å². The molecular formula is C24H33ClN4O2. The Morgan fingerprint density at radius 2 is 2.13 bits per heavy atom. The highest BCUT2D eigenvalue weighted by Gasteiger charge is 2.33. The largest absolute Gasteiger partial charge is 0.388 e. The molecule has 1 saturated carbocycles. The lowest BCUT2D eigenvalue weighted by Crippen LogP contribution is -2.45. The highest BCUT2D eigenvalue weighted by molar-refractivity contribution is 6.35. The van der Waals surface area contributed by atoms with Crippen LogP contribution in [0.3, 0.4) is 0 Å². The number of nitrogens with one attached hydrogen (secondary N) is 1. The summed E-state index contributed by atoms with van der Waals surface area (Å²) < 4.78 is 0. The zero-order chi connectivity index (χ0) is 22.2. The van der Waals surface area contributed by atoms with Crippen molar-refractivity contribution in [2.24, 2.45) is 5.92 Å². The Balaban J connectivity index is 1.53. The topological polar surface area (TPSA) is 68.7 Å². The van der Waals surface area contributed by atoms with Gasteiger partial charge in [-0.05, 0) is 63.5 Å². The van der Waals surface area contributed by atoms with E-state index in [9.17, 15) is 9.90 Å². The Morgan fingerprint density at radius 1 is 1.32 bits per heavy atom. The SMILES string of the molecule is C[C@H]1CCCC(O)(CNC(=O)c2c(Cl)ccc3nc(N4CC[C@H](N(C)C)C4)ccc23)C1. The van der Waals surface area contributed by atoms with E-state index in [0.717, 1.165) is 55.5 Å². The second kappa shape index (κ2) is 8.93. The molecule has 3 atom stereocenters. The van der Waals surface area contributed by atoms with Crippen molar-refractivity contribution in [1.82, 2.24) is 15.2 Å². The van der Waals surface area contributed by atoms with Gasteiger partial charge in [0.1, 0.15) is 5.82 Å². The number of carbonyl (C=O) groups is 1. The van der Waals surface area contributed by atoms with Crippen molar-refractivity contribution < 1.29 is 9.90 Å². The van der Waals surface area contributed by atoms with E-state index < -0.39 is 5.60 Å². The van der Waals surface area contributed by atoms with Gasteiger partial charge in [0.25, 0.3) is 5.91 Å². The summed E-state index contributed by atoms with van der Waals surface area (Å²) in [6, 6.07) is 8.05. The van der Waals surface area contributed by atoms with Gasteiger partial charge >= 0.3 is 0 Å². The summed E-state index contributed by atoms with van der Waals surface area (Å²) in [5.74, 6) is 1.14. The molecule has 31 heavy (non-hydrogen) atoms. The molecule has 2 aliphatic rings. The van der Waals surface area contributed by atoms with Crippen molar-refractivity contribution in [2.45, 2.75) is 50.7 Å². The first-order chi connectivity index (χ1) is 14.8. The first kappa shape index (κ1) is 22.3. The lowest BCUT2D eigenvalue weighted by atomic mass is 9.79. The molecule has 1 aromatic heterocycles. The number of halogens is 1. The number of anilines is 1. The predicted molar refractivity (Wildman–Crippen MR) is 126 cm³/mol. The molecule has 1 amide bonds. The Morgan fingerprint density at radius 3 is 2.84 bits per heavy atom. The van der Waals surface area contributed by atoms with Gasteiger partial charge in [-0.15, -0.1) is 0 Å². The molecule has 0 radical (unpaired) electrons. The number of rotatable bonds is 5. The van der Waals surface area contributed by atoms with E-state index in [1.54, 1.807) is 6.07 Å². The monoisotopic (exact) mass is 444 g/mol. The Bertz CT molecular complexity index is 966. The molecule has 1 aromatic carbocycles. The maximum absolute atomic E-state index is 13.1. The second-order valence-electron chi connectivity index (χ2n) is 9.62. The maximum atomic E-state index is 13.1. The van der Waals surface area contributed by atoms with Crippen molar-refractivity contribution in [1.29, 1.82) is 0 Å². The normalized spacial score (nSPS) is 26.6. The molecule has 1 saturated heterocycles. The summed E-state index contributed by atoms with van der Waals surface area (Å²) in [4.78, 5) is 22.4. The van der Waals surface area contributed by atoms with Crippen LogP contribution in [0.4, 0.5) is 5.82 Å². The van der Waals surface area contributed by atoms with Gasteiger partial charge in [0, 0.05) is 31.1 Å². The van der Waals surface area contributed by atoms with Gasteiger partial charge in [0.05, 0.1) is 21.7 Å². The molecule has 0 spiro atoms. The van der Waals surface area contributed by atoms with E-state index in [0.29, 0.717) is 29.0 Å². The molecular weight excluding hydrogens is 412 g/mol. The van der Waals surface area contributed by atoms with Gasteiger partial charge < -0.3 is 20.2 Å². The van der Waals surface area contributed by atoms with Gasteiger partial charge in [-0.25, -0.2) is 4.98 Å². The minimum atomic E-state index is -0.839. The summed E-state index contributed by atoms with van der Waals surface area (Å²) in [6.07, 6.45) is 4.66. The van der Waals surface area contributed by atoms with Crippen LogP contribution < -0.4 is 10.2 Å². The summed E-state index contributed by atoms with van der Waals surface area (Å²) in [5, 5.41) is 14.9. The van der Waals surface area contributed by atoms with Crippen LogP contribution in [0.15, 0.2) is 24.3 Å². The fourth-order valence-corrected chi connectivity index (χ4v) is 5.32. The second-order valence-corrected chi connectivity index (χ2v) is 10.0. The molecule has 1 unspecified atom stereocenters. The van der Waals surface area contributed by atoms with Crippen LogP contribution in [-0.2, 0) is 0 Å². The van der Waals surface area contributed by atoms with Gasteiger partial charge in [-0.2, -0.15) is 0 Å².